The lowest BCUT2D eigenvalue weighted by molar-refractivity contribution is 0.101. The molecule has 1 aliphatic carbocycles. The van der Waals surface area contributed by atoms with Gasteiger partial charge in [-0.2, -0.15) is 0 Å². The summed E-state index contributed by atoms with van der Waals surface area (Å²) in [7, 11) is 1.55. The van der Waals surface area contributed by atoms with Gasteiger partial charge in [0.25, 0.3) is 5.56 Å². The highest BCUT2D eigenvalue weighted by Gasteiger charge is 2.22. The fourth-order valence-electron chi connectivity index (χ4n) is 3.91. The highest BCUT2D eigenvalue weighted by Crippen LogP contribution is 2.34. The van der Waals surface area contributed by atoms with Crippen LogP contribution in [0.25, 0.3) is 16.6 Å². The van der Waals surface area contributed by atoms with Crippen molar-refractivity contribution in [3.8, 4) is 5.75 Å². The number of rotatable bonds is 3. The molecule has 130 valence electrons. The molecule has 0 aliphatic heterocycles. The average molecular weight is 339 g/mol. The molecule has 1 fully saturated rings. The SMILES string of the molecule is COc1cc2c(cc1C(C)=O)[nH]c(=O)c1cnc(C3CCCCC3)n12. The molecule has 4 rings (SSSR count). The number of Topliss-reactive ketones (excluding diaryl/α,β-unsaturated/α-hetero) is 1. The standard InChI is InChI=1S/C19H21N3O3/c1-11(23)13-8-14-15(9-17(13)25-2)22-16(19(24)21-14)10-20-18(22)12-6-4-3-5-7-12/h8-10,12H,3-7H2,1-2H3,(H,21,24). The van der Waals surface area contributed by atoms with Crippen LogP contribution in [0.1, 0.15) is 61.1 Å². The van der Waals surface area contributed by atoms with E-state index in [1.54, 1.807) is 19.4 Å². The third kappa shape index (κ3) is 2.52. The lowest BCUT2D eigenvalue weighted by Gasteiger charge is -2.21. The molecule has 0 saturated heterocycles. The molecule has 2 aromatic heterocycles. The number of benzene rings is 1. The zero-order chi connectivity index (χ0) is 17.6. The topological polar surface area (TPSA) is 76.5 Å². The van der Waals surface area contributed by atoms with Crippen LogP contribution in [0.4, 0.5) is 0 Å². The first-order valence-electron chi connectivity index (χ1n) is 8.72. The molecule has 1 N–H and O–H groups in total. The van der Waals surface area contributed by atoms with E-state index in [2.05, 4.69) is 9.97 Å². The number of ether oxygens (including phenoxy) is 1. The second-order valence-electron chi connectivity index (χ2n) is 6.75. The molecule has 0 spiro atoms. The Kier molecular flexibility index (Phi) is 3.82. The largest absolute Gasteiger partial charge is 0.496 e. The fourth-order valence-corrected chi connectivity index (χ4v) is 3.91. The smallest absolute Gasteiger partial charge is 0.274 e. The molecule has 6 nitrogen and oxygen atoms in total. The maximum absolute atomic E-state index is 12.5. The molecule has 1 saturated carbocycles. The van der Waals surface area contributed by atoms with Crippen molar-refractivity contribution in [2.24, 2.45) is 0 Å². The van der Waals surface area contributed by atoms with E-state index in [0.29, 0.717) is 28.3 Å². The monoisotopic (exact) mass is 339 g/mol. The minimum Gasteiger partial charge on any atom is -0.496 e. The van der Waals surface area contributed by atoms with Crippen molar-refractivity contribution in [3.63, 3.8) is 0 Å². The summed E-state index contributed by atoms with van der Waals surface area (Å²) in [5.74, 6) is 1.71. The number of methoxy groups -OCH3 is 1. The molecule has 1 aromatic carbocycles. The van der Waals surface area contributed by atoms with Gasteiger partial charge in [0, 0.05) is 12.0 Å². The molecule has 6 heteroatoms. The highest BCUT2D eigenvalue weighted by molar-refractivity contribution is 6.00. The quantitative estimate of drug-likeness (QED) is 0.742. The van der Waals surface area contributed by atoms with E-state index >= 15 is 0 Å². The zero-order valence-corrected chi connectivity index (χ0v) is 14.5. The van der Waals surface area contributed by atoms with E-state index in [1.807, 2.05) is 10.5 Å². The number of ketones is 1. The Morgan fingerprint density at radius 1 is 1.24 bits per heavy atom. The van der Waals surface area contributed by atoms with Gasteiger partial charge in [-0.15, -0.1) is 0 Å². The number of hydrogen-bond donors (Lipinski definition) is 1. The molecule has 1 aliphatic rings. The maximum Gasteiger partial charge on any atom is 0.274 e. The van der Waals surface area contributed by atoms with Gasteiger partial charge < -0.3 is 9.72 Å². The first-order valence-corrected chi connectivity index (χ1v) is 8.72. The summed E-state index contributed by atoms with van der Waals surface area (Å²) in [6, 6.07) is 3.52. The first-order chi connectivity index (χ1) is 12.1. The number of imidazole rings is 1. The van der Waals surface area contributed by atoms with Crippen molar-refractivity contribution in [1.29, 1.82) is 0 Å². The summed E-state index contributed by atoms with van der Waals surface area (Å²) < 4.78 is 7.35. The van der Waals surface area contributed by atoms with Gasteiger partial charge in [-0.1, -0.05) is 19.3 Å². The summed E-state index contributed by atoms with van der Waals surface area (Å²) in [6.45, 7) is 1.49. The normalized spacial score (nSPS) is 15.8. The highest BCUT2D eigenvalue weighted by atomic mass is 16.5. The number of H-pyrrole nitrogens is 1. The number of carbonyl (C=O) groups is 1. The van der Waals surface area contributed by atoms with Gasteiger partial charge in [0.15, 0.2) is 5.78 Å². The number of fused-ring (bicyclic) bond motifs is 3. The van der Waals surface area contributed by atoms with Gasteiger partial charge in [-0.25, -0.2) is 4.98 Å². The lowest BCUT2D eigenvalue weighted by Crippen LogP contribution is -2.14. The zero-order valence-electron chi connectivity index (χ0n) is 14.5. The summed E-state index contributed by atoms with van der Waals surface area (Å²) >= 11 is 0. The Morgan fingerprint density at radius 3 is 2.68 bits per heavy atom. The van der Waals surface area contributed by atoms with Gasteiger partial charge in [-0.05, 0) is 25.8 Å². The van der Waals surface area contributed by atoms with E-state index in [0.717, 1.165) is 24.2 Å². The molecule has 0 atom stereocenters. The predicted molar refractivity (Wildman–Crippen MR) is 95.7 cm³/mol. The fraction of sp³-hybridized carbons (Fsp3) is 0.421. The lowest BCUT2D eigenvalue weighted by atomic mass is 9.88. The number of hydrogen-bond acceptors (Lipinski definition) is 4. The van der Waals surface area contributed by atoms with Crippen molar-refractivity contribution >= 4 is 22.3 Å². The van der Waals surface area contributed by atoms with E-state index < -0.39 is 0 Å². The minimum absolute atomic E-state index is 0.0992. The number of aromatic nitrogens is 3. The summed E-state index contributed by atoms with van der Waals surface area (Å²) in [4.78, 5) is 31.8. The maximum atomic E-state index is 12.5. The van der Waals surface area contributed by atoms with Crippen LogP contribution in [-0.2, 0) is 0 Å². The summed E-state index contributed by atoms with van der Waals surface area (Å²) in [6.07, 6.45) is 7.48. The van der Waals surface area contributed by atoms with Crippen molar-refractivity contribution in [2.75, 3.05) is 7.11 Å². The third-order valence-corrected chi connectivity index (χ3v) is 5.18. The molecule has 3 aromatic rings. The minimum atomic E-state index is -0.193. The van der Waals surface area contributed by atoms with Gasteiger partial charge in [0.2, 0.25) is 0 Å². The molecule has 0 amide bonds. The van der Waals surface area contributed by atoms with Crippen LogP contribution in [0.3, 0.4) is 0 Å². The summed E-state index contributed by atoms with van der Waals surface area (Å²) in [5.41, 5.74) is 2.24. The Morgan fingerprint density at radius 2 is 2.00 bits per heavy atom. The molecule has 0 bridgehead atoms. The second kappa shape index (κ2) is 6.02. The van der Waals surface area contributed by atoms with Crippen LogP contribution in [0.5, 0.6) is 5.75 Å². The second-order valence-corrected chi connectivity index (χ2v) is 6.75. The Balaban J connectivity index is 2.05. The van der Waals surface area contributed by atoms with Gasteiger partial charge in [0.1, 0.15) is 17.1 Å². The van der Waals surface area contributed by atoms with Gasteiger partial charge >= 0.3 is 0 Å². The predicted octanol–water partition coefficient (Wildman–Crippen LogP) is 3.43. The van der Waals surface area contributed by atoms with E-state index in [1.165, 1.54) is 26.2 Å². The Hall–Kier alpha value is -2.63. The number of carbonyl (C=O) groups excluding carboxylic acids is 1. The van der Waals surface area contributed by atoms with Crippen LogP contribution in [0.2, 0.25) is 0 Å². The molecular formula is C19H21N3O3. The first kappa shape index (κ1) is 15.9. The number of aromatic amines is 1. The molecular weight excluding hydrogens is 318 g/mol. The summed E-state index contributed by atoms with van der Waals surface area (Å²) in [5, 5.41) is 0. The van der Waals surface area contributed by atoms with Crippen LogP contribution < -0.4 is 10.3 Å². The molecule has 0 radical (unpaired) electrons. The van der Waals surface area contributed by atoms with Crippen molar-refractivity contribution in [3.05, 3.63) is 40.1 Å². The van der Waals surface area contributed by atoms with Crippen molar-refractivity contribution < 1.29 is 9.53 Å². The number of nitrogens with one attached hydrogen (secondary N) is 1. The number of nitrogens with zero attached hydrogens (tertiary/aromatic N) is 2. The van der Waals surface area contributed by atoms with Crippen molar-refractivity contribution in [2.45, 2.75) is 44.9 Å². The molecule has 25 heavy (non-hydrogen) atoms. The van der Waals surface area contributed by atoms with Crippen LogP contribution >= 0.6 is 0 Å². The van der Waals surface area contributed by atoms with E-state index in [4.69, 9.17) is 4.74 Å². The van der Waals surface area contributed by atoms with Gasteiger partial charge in [0.05, 0.1) is 29.9 Å². The Bertz CT molecular complexity index is 1030. The molecule has 2 heterocycles. The Labute approximate surface area is 144 Å². The van der Waals surface area contributed by atoms with Gasteiger partial charge in [-0.3, -0.25) is 14.0 Å². The van der Waals surface area contributed by atoms with E-state index in [9.17, 15) is 9.59 Å². The van der Waals surface area contributed by atoms with E-state index in [-0.39, 0.29) is 11.3 Å². The van der Waals surface area contributed by atoms with Crippen LogP contribution in [0.15, 0.2) is 23.1 Å². The molecule has 0 unspecified atom stereocenters. The third-order valence-electron chi connectivity index (χ3n) is 5.18. The average Bonchev–Trinajstić information content (AvgIpc) is 3.07. The van der Waals surface area contributed by atoms with Crippen molar-refractivity contribution in [1.82, 2.24) is 14.4 Å². The van der Waals surface area contributed by atoms with Crippen LogP contribution in [-0.4, -0.2) is 27.3 Å². The van der Waals surface area contributed by atoms with Crippen LogP contribution in [0, 0.1) is 0 Å².